The van der Waals surface area contributed by atoms with Gasteiger partial charge in [-0.25, -0.2) is 0 Å². The van der Waals surface area contributed by atoms with Crippen molar-refractivity contribution in [1.29, 1.82) is 0 Å². The second-order valence-corrected chi connectivity index (χ2v) is 4.70. The fraction of sp³-hybridized carbons (Fsp3) is 0.133. The summed E-state index contributed by atoms with van der Waals surface area (Å²) in [6.45, 7) is 0.545. The van der Waals surface area contributed by atoms with Gasteiger partial charge in [-0.1, -0.05) is 23.7 Å². The number of amides is 1. The topological polar surface area (TPSA) is 61.4 Å². The van der Waals surface area contributed by atoms with Gasteiger partial charge in [-0.2, -0.15) is 0 Å². The van der Waals surface area contributed by atoms with Crippen LogP contribution in [0, 0.1) is 0 Å². The normalized spacial score (nSPS) is 10.1. The van der Waals surface area contributed by atoms with Crippen molar-refractivity contribution >= 4 is 23.2 Å². The third-order valence-electron chi connectivity index (χ3n) is 2.85. The molecule has 0 atom stereocenters. The van der Waals surface area contributed by atoms with Gasteiger partial charge in [0.05, 0.1) is 10.6 Å². The number of nitrogens with one attached hydrogen (secondary N) is 2. The van der Waals surface area contributed by atoms with E-state index in [0.717, 1.165) is 11.3 Å². The first-order valence-electron chi connectivity index (χ1n) is 6.13. The second-order valence-electron chi connectivity index (χ2n) is 4.30. The molecule has 1 amide bonds. The quantitative estimate of drug-likeness (QED) is 0.811. The number of hydrogen-bond acceptors (Lipinski definition) is 3. The van der Waals surface area contributed by atoms with Crippen molar-refractivity contribution in [3.8, 4) is 5.75 Å². The Labute approximate surface area is 122 Å². The average Bonchev–Trinajstić information content (AvgIpc) is 2.45. The summed E-state index contributed by atoms with van der Waals surface area (Å²) in [4.78, 5) is 11.6. The molecule has 0 fully saturated rings. The van der Waals surface area contributed by atoms with Crippen LogP contribution in [0.5, 0.6) is 5.75 Å². The minimum atomic E-state index is -0.226. The lowest BCUT2D eigenvalue weighted by atomic mass is 10.1. The molecule has 2 aromatic rings. The fourth-order valence-corrected chi connectivity index (χ4v) is 2.02. The van der Waals surface area contributed by atoms with E-state index in [9.17, 15) is 9.90 Å². The van der Waals surface area contributed by atoms with Crippen LogP contribution < -0.4 is 10.6 Å². The van der Waals surface area contributed by atoms with Crippen LogP contribution in [0.1, 0.15) is 15.9 Å². The number of carbonyl (C=O) groups is 1. The number of carbonyl (C=O) groups excluding carboxylic acids is 1. The Bertz CT molecular complexity index is 629. The van der Waals surface area contributed by atoms with Gasteiger partial charge in [-0.05, 0) is 35.9 Å². The van der Waals surface area contributed by atoms with Gasteiger partial charge in [0, 0.05) is 19.3 Å². The zero-order chi connectivity index (χ0) is 14.5. The van der Waals surface area contributed by atoms with Gasteiger partial charge in [0.25, 0.3) is 5.91 Å². The molecule has 0 saturated heterocycles. The molecule has 0 aromatic heterocycles. The Balaban J connectivity index is 2.12. The molecule has 0 aliphatic rings. The van der Waals surface area contributed by atoms with Crippen LogP contribution in [0.25, 0.3) is 0 Å². The highest BCUT2D eigenvalue weighted by molar-refractivity contribution is 6.34. The summed E-state index contributed by atoms with van der Waals surface area (Å²) >= 11 is 5.99. The lowest BCUT2D eigenvalue weighted by Gasteiger charge is -2.09. The molecule has 0 aliphatic carbocycles. The second kappa shape index (κ2) is 6.30. The molecule has 104 valence electrons. The van der Waals surface area contributed by atoms with Crippen LogP contribution in [0.2, 0.25) is 5.02 Å². The predicted octanol–water partition coefficient (Wildman–Crippen LogP) is 3.02. The number of phenols is 1. The average molecular weight is 291 g/mol. The molecule has 0 unspecified atom stereocenters. The number of anilines is 1. The smallest absolute Gasteiger partial charge is 0.252 e. The lowest BCUT2D eigenvalue weighted by Crippen LogP contribution is -2.18. The van der Waals surface area contributed by atoms with Gasteiger partial charge < -0.3 is 15.7 Å². The SMILES string of the molecule is CNC(=O)c1cc(NCc2cccc(O)c2)ccc1Cl. The molecule has 20 heavy (non-hydrogen) atoms. The van der Waals surface area contributed by atoms with Crippen molar-refractivity contribution in [1.82, 2.24) is 5.32 Å². The molecule has 0 spiro atoms. The highest BCUT2D eigenvalue weighted by Crippen LogP contribution is 2.21. The number of rotatable bonds is 4. The third kappa shape index (κ3) is 3.42. The van der Waals surface area contributed by atoms with Crippen molar-refractivity contribution < 1.29 is 9.90 Å². The van der Waals surface area contributed by atoms with Crippen LogP contribution in [0.4, 0.5) is 5.69 Å². The first kappa shape index (κ1) is 14.2. The highest BCUT2D eigenvalue weighted by Gasteiger charge is 2.09. The zero-order valence-corrected chi connectivity index (χ0v) is 11.7. The van der Waals surface area contributed by atoms with Gasteiger partial charge in [-0.15, -0.1) is 0 Å². The third-order valence-corrected chi connectivity index (χ3v) is 3.17. The van der Waals surface area contributed by atoms with Crippen molar-refractivity contribution in [3.63, 3.8) is 0 Å². The summed E-state index contributed by atoms with van der Waals surface area (Å²) < 4.78 is 0. The Morgan fingerprint density at radius 1 is 1.25 bits per heavy atom. The van der Waals surface area contributed by atoms with Gasteiger partial charge in [0.1, 0.15) is 5.75 Å². The minimum Gasteiger partial charge on any atom is -0.508 e. The first-order chi connectivity index (χ1) is 9.60. The van der Waals surface area contributed by atoms with Crippen LogP contribution in [-0.4, -0.2) is 18.1 Å². The molecule has 0 saturated carbocycles. The van der Waals surface area contributed by atoms with Crippen molar-refractivity contribution in [3.05, 3.63) is 58.6 Å². The fourth-order valence-electron chi connectivity index (χ4n) is 1.81. The molecule has 3 N–H and O–H groups in total. The molecule has 4 nitrogen and oxygen atoms in total. The maximum atomic E-state index is 11.6. The van der Waals surface area contributed by atoms with E-state index in [2.05, 4.69) is 10.6 Å². The van der Waals surface area contributed by atoms with Crippen LogP contribution in [-0.2, 0) is 6.54 Å². The van der Waals surface area contributed by atoms with Gasteiger partial charge >= 0.3 is 0 Å². The standard InChI is InChI=1S/C15H15ClN2O2/c1-17-15(20)13-8-11(5-6-14(13)16)18-9-10-3-2-4-12(19)7-10/h2-8,18-19H,9H2,1H3,(H,17,20). The monoisotopic (exact) mass is 290 g/mol. The molecule has 5 heteroatoms. The predicted molar refractivity (Wildman–Crippen MR) is 80.3 cm³/mol. The van der Waals surface area contributed by atoms with E-state index in [-0.39, 0.29) is 11.7 Å². The molecule has 2 aromatic carbocycles. The molecule has 0 radical (unpaired) electrons. The van der Waals surface area contributed by atoms with E-state index >= 15 is 0 Å². The van der Waals surface area contributed by atoms with Crippen molar-refractivity contribution in [2.45, 2.75) is 6.54 Å². The molecule has 2 rings (SSSR count). The van der Waals surface area contributed by atoms with Gasteiger partial charge in [0.15, 0.2) is 0 Å². The van der Waals surface area contributed by atoms with Gasteiger partial charge in [-0.3, -0.25) is 4.79 Å². The zero-order valence-electron chi connectivity index (χ0n) is 11.0. The van der Waals surface area contributed by atoms with Crippen LogP contribution in [0.3, 0.4) is 0 Å². The molecule has 0 bridgehead atoms. The summed E-state index contributed by atoms with van der Waals surface area (Å²) in [5.41, 5.74) is 2.16. The molecular weight excluding hydrogens is 276 g/mol. The molecular formula is C15H15ClN2O2. The van der Waals surface area contributed by atoms with E-state index < -0.39 is 0 Å². The number of hydrogen-bond donors (Lipinski definition) is 3. The molecule has 0 aliphatic heterocycles. The summed E-state index contributed by atoms with van der Waals surface area (Å²) in [5, 5.41) is 15.5. The minimum absolute atomic E-state index is 0.226. The van der Waals surface area contributed by atoms with E-state index in [1.807, 2.05) is 6.07 Å². The van der Waals surface area contributed by atoms with Crippen molar-refractivity contribution in [2.24, 2.45) is 0 Å². The Kier molecular flexibility index (Phi) is 4.48. The lowest BCUT2D eigenvalue weighted by molar-refractivity contribution is 0.0963. The highest BCUT2D eigenvalue weighted by atomic mass is 35.5. The Morgan fingerprint density at radius 3 is 2.75 bits per heavy atom. The number of benzene rings is 2. The number of aromatic hydroxyl groups is 1. The Morgan fingerprint density at radius 2 is 2.05 bits per heavy atom. The van der Waals surface area contributed by atoms with Crippen molar-refractivity contribution in [2.75, 3.05) is 12.4 Å². The maximum Gasteiger partial charge on any atom is 0.252 e. The summed E-state index contributed by atoms with van der Waals surface area (Å²) in [5.74, 6) is 0.00228. The van der Waals surface area contributed by atoms with E-state index in [4.69, 9.17) is 11.6 Å². The van der Waals surface area contributed by atoms with Gasteiger partial charge in [0.2, 0.25) is 0 Å². The molecule has 0 heterocycles. The summed E-state index contributed by atoms with van der Waals surface area (Å²) in [7, 11) is 1.56. The first-order valence-corrected chi connectivity index (χ1v) is 6.51. The number of phenolic OH excluding ortho intramolecular Hbond substituents is 1. The van der Waals surface area contributed by atoms with E-state index in [1.165, 1.54) is 0 Å². The van der Waals surface area contributed by atoms with Crippen LogP contribution >= 0.6 is 11.6 Å². The maximum absolute atomic E-state index is 11.6. The summed E-state index contributed by atoms with van der Waals surface area (Å²) in [6, 6.07) is 12.2. The number of halogens is 1. The Hall–Kier alpha value is -2.20. The van der Waals surface area contributed by atoms with E-state index in [1.54, 1.807) is 43.4 Å². The van der Waals surface area contributed by atoms with Crippen LogP contribution in [0.15, 0.2) is 42.5 Å². The van der Waals surface area contributed by atoms with E-state index in [0.29, 0.717) is 17.1 Å². The summed E-state index contributed by atoms with van der Waals surface area (Å²) in [6.07, 6.45) is 0. The largest absolute Gasteiger partial charge is 0.508 e.